The lowest BCUT2D eigenvalue weighted by Gasteiger charge is -2.36. The molecule has 0 spiro atoms. The molecule has 0 aromatic heterocycles. The van der Waals surface area contributed by atoms with E-state index < -0.39 is 5.82 Å². The van der Waals surface area contributed by atoms with E-state index in [1.165, 1.54) is 18.9 Å². The second-order valence-electron chi connectivity index (χ2n) is 5.28. The summed E-state index contributed by atoms with van der Waals surface area (Å²) in [5.41, 5.74) is 0.884. The fourth-order valence-electron chi connectivity index (χ4n) is 2.87. The lowest BCUT2D eigenvalue weighted by atomic mass is 9.86. The van der Waals surface area contributed by atoms with Gasteiger partial charge in [-0.1, -0.05) is 25.8 Å². The minimum absolute atomic E-state index is 0.165. The first-order chi connectivity index (χ1) is 8.63. The normalized spacial score (nSPS) is 23.4. The maximum atomic E-state index is 13.6. The average Bonchev–Trinajstić information content (AvgIpc) is 2.37. The Hall–Kier alpha value is -1.56. The van der Waals surface area contributed by atoms with Gasteiger partial charge < -0.3 is 4.90 Å². The van der Waals surface area contributed by atoms with E-state index >= 15 is 0 Å². The van der Waals surface area contributed by atoms with Crippen LogP contribution in [-0.4, -0.2) is 13.1 Å². The zero-order chi connectivity index (χ0) is 13.1. The van der Waals surface area contributed by atoms with Gasteiger partial charge in [0.05, 0.1) is 5.69 Å². The SMILES string of the molecule is CC1CCCC(N(C)c2cccc(F)c2C#N)C1. The number of rotatable bonds is 2. The number of nitrogens with zero attached hydrogens (tertiary/aromatic N) is 2. The van der Waals surface area contributed by atoms with Crippen molar-refractivity contribution in [1.29, 1.82) is 5.26 Å². The smallest absolute Gasteiger partial charge is 0.143 e. The highest BCUT2D eigenvalue weighted by Gasteiger charge is 2.24. The van der Waals surface area contributed by atoms with Crippen molar-refractivity contribution in [2.75, 3.05) is 11.9 Å². The Morgan fingerprint density at radius 3 is 2.83 bits per heavy atom. The number of anilines is 1. The van der Waals surface area contributed by atoms with E-state index in [4.69, 9.17) is 5.26 Å². The van der Waals surface area contributed by atoms with Crippen LogP contribution in [-0.2, 0) is 0 Å². The molecule has 2 unspecified atom stereocenters. The Kier molecular flexibility index (Phi) is 3.86. The Bertz CT molecular complexity index is 464. The Labute approximate surface area is 108 Å². The zero-order valence-corrected chi connectivity index (χ0v) is 11.0. The largest absolute Gasteiger partial charge is 0.370 e. The number of hydrogen-bond acceptors (Lipinski definition) is 2. The quantitative estimate of drug-likeness (QED) is 0.795. The summed E-state index contributed by atoms with van der Waals surface area (Å²) in [5.74, 6) is 0.288. The van der Waals surface area contributed by atoms with Crippen LogP contribution in [0.4, 0.5) is 10.1 Å². The Balaban J connectivity index is 2.26. The summed E-state index contributed by atoms with van der Waals surface area (Å²) in [7, 11) is 1.97. The van der Waals surface area contributed by atoms with Gasteiger partial charge in [0.15, 0.2) is 0 Å². The molecule has 1 aromatic rings. The van der Waals surface area contributed by atoms with Gasteiger partial charge in [0.2, 0.25) is 0 Å². The third kappa shape index (κ3) is 2.48. The summed E-state index contributed by atoms with van der Waals surface area (Å²) in [4.78, 5) is 2.08. The second-order valence-corrected chi connectivity index (χ2v) is 5.28. The van der Waals surface area contributed by atoms with Crippen molar-refractivity contribution in [2.24, 2.45) is 5.92 Å². The maximum Gasteiger partial charge on any atom is 0.143 e. The number of nitriles is 1. The Morgan fingerprint density at radius 1 is 1.39 bits per heavy atom. The molecule has 0 heterocycles. The predicted octanol–water partition coefficient (Wildman–Crippen LogP) is 3.71. The molecular weight excluding hydrogens is 227 g/mol. The monoisotopic (exact) mass is 246 g/mol. The molecule has 0 aliphatic heterocycles. The van der Waals surface area contributed by atoms with Gasteiger partial charge in [-0.2, -0.15) is 5.26 Å². The minimum atomic E-state index is -0.425. The van der Waals surface area contributed by atoms with Crippen molar-refractivity contribution in [3.8, 4) is 6.07 Å². The van der Waals surface area contributed by atoms with Crippen LogP contribution in [0.15, 0.2) is 18.2 Å². The van der Waals surface area contributed by atoms with Crippen molar-refractivity contribution in [3.63, 3.8) is 0 Å². The summed E-state index contributed by atoms with van der Waals surface area (Å²) in [6.07, 6.45) is 4.74. The van der Waals surface area contributed by atoms with Crippen LogP contribution in [0.25, 0.3) is 0 Å². The minimum Gasteiger partial charge on any atom is -0.370 e. The fraction of sp³-hybridized carbons (Fsp3) is 0.533. The van der Waals surface area contributed by atoms with E-state index in [1.54, 1.807) is 6.07 Å². The van der Waals surface area contributed by atoms with Gasteiger partial charge in [0.1, 0.15) is 17.4 Å². The number of halogens is 1. The molecular formula is C15H19FN2. The molecule has 1 aliphatic carbocycles. The summed E-state index contributed by atoms with van der Waals surface area (Å²) in [6.45, 7) is 2.26. The molecule has 2 nitrogen and oxygen atoms in total. The second kappa shape index (κ2) is 5.39. The van der Waals surface area contributed by atoms with Crippen LogP contribution in [0.5, 0.6) is 0 Å². The molecule has 0 saturated heterocycles. The van der Waals surface area contributed by atoms with Gasteiger partial charge in [-0.15, -0.1) is 0 Å². The third-order valence-corrected chi connectivity index (χ3v) is 3.94. The molecule has 2 atom stereocenters. The maximum absolute atomic E-state index is 13.6. The van der Waals surface area contributed by atoms with Crippen LogP contribution < -0.4 is 4.90 Å². The van der Waals surface area contributed by atoms with E-state index in [0.717, 1.165) is 18.5 Å². The van der Waals surface area contributed by atoms with E-state index in [0.29, 0.717) is 12.0 Å². The van der Waals surface area contributed by atoms with E-state index in [2.05, 4.69) is 11.8 Å². The van der Waals surface area contributed by atoms with Gasteiger partial charge in [0.25, 0.3) is 0 Å². The molecule has 1 aromatic carbocycles. The van der Waals surface area contributed by atoms with Crippen LogP contribution >= 0.6 is 0 Å². The van der Waals surface area contributed by atoms with E-state index in [1.807, 2.05) is 19.2 Å². The van der Waals surface area contributed by atoms with E-state index in [9.17, 15) is 4.39 Å². The first kappa shape index (κ1) is 12.9. The summed E-state index contributed by atoms with van der Waals surface area (Å²) >= 11 is 0. The van der Waals surface area contributed by atoms with Gasteiger partial charge in [-0.3, -0.25) is 0 Å². The van der Waals surface area contributed by atoms with Crippen molar-refractivity contribution >= 4 is 5.69 Å². The number of hydrogen-bond donors (Lipinski definition) is 0. The molecule has 18 heavy (non-hydrogen) atoms. The van der Waals surface area contributed by atoms with Gasteiger partial charge in [0, 0.05) is 13.1 Å². The molecule has 0 amide bonds. The molecule has 0 bridgehead atoms. The first-order valence-corrected chi connectivity index (χ1v) is 6.55. The van der Waals surface area contributed by atoms with Crippen LogP contribution in [0.2, 0.25) is 0 Å². The molecule has 1 saturated carbocycles. The molecule has 96 valence electrons. The fourth-order valence-corrected chi connectivity index (χ4v) is 2.87. The molecule has 0 radical (unpaired) electrons. The topological polar surface area (TPSA) is 27.0 Å². The van der Waals surface area contributed by atoms with Gasteiger partial charge in [-0.05, 0) is 30.9 Å². The third-order valence-electron chi connectivity index (χ3n) is 3.94. The molecule has 1 fully saturated rings. The number of benzene rings is 1. The summed E-state index contributed by atoms with van der Waals surface area (Å²) in [6, 6.07) is 7.25. The first-order valence-electron chi connectivity index (χ1n) is 6.55. The van der Waals surface area contributed by atoms with E-state index in [-0.39, 0.29) is 5.56 Å². The predicted molar refractivity (Wildman–Crippen MR) is 70.9 cm³/mol. The van der Waals surface area contributed by atoms with Crippen molar-refractivity contribution < 1.29 is 4.39 Å². The van der Waals surface area contributed by atoms with Crippen molar-refractivity contribution in [3.05, 3.63) is 29.6 Å². The molecule has 3 heteroatoms. The highest BCUT2D eigenvalue weighted by Crippen LogP contribution is 2.31. The van der Waals surface area contributed by atoms with Crippen LogP contribution in [0, 0.1) is 23.1 Å². The molecule has 1 aliphatic rings. The molecule has 2 rings (SSSR count). The van der Waals surface area contributed by atoms with Gasteiger partial charge >= 0.3 is 0 Å². The standard InChI is InChI=1S/C15H19FN2/c1-11-5-3-6-12(9-11)18(2)15-8-4-7-14(16)13(15)10-17/h4,7-8,11-12H,3,5-6,9H2,1-2H3. The van der Waals surface area contributed by atoms with Gasteiger partial charge in [-0.25, -0.2) is 4.39 Å². The summed E-state index contributed by atoms with van der Waals surface area (Å²) < 4.78 is 13.6. The highest BCUT2D eigenvalue weighted by molar-refractivity contribution is 5.60. The summed E-state index contributed by atoms with van der Waals surface area (Å²) in [5, 5.41) is 9.08. The lowest BCUT2D eigenvalue weighted by Crippen LogP contribution is -2.36. The van der Waals surface area contributed by atoms with Crippen molar-refractivity contribution in [2.45, 2.75) is 38.6 Å². The highest BCUT2D eigenvalue weighted by atomic mass is 19.1. The lowest BCUT2D eigenvalue weighted by molar-refractivity contribution is 0.336. The molecule has 0 N–H and O–H groups in total. The Morgan fingerprint density at radius 2 is 2.17 bits per heavy atom. The van der Waals surface area contributed by atoms with Crippen LogP contribution in [0.3, 0.4) is 0 Å². The zero-order valence-electron chi connectivity index (χ0n) is 11.0. The average molecular weight is 246 g/mol. The van der Waals surface area contributed by atoms with Crippen LogP contribution in [0.1, 0.15) is 38.2 Å². The van der Waals surface area contributed by atoms with Crippen molar-refractivity contribution in [1.82, 2.24) is 0 Å².